The molecule has 0 bridgehead atoms. The van der Waals surface area contributed by atoms with E-state index in [4.69, 9.17) is 9.84 Å². The molecule has 0 aliphatic carbocycles. The average molecular weight is 357 g/mol. The number of hydrogen-bond acceptors (Lipinski definition) is 5. The third-order valence-electron chi connectivity index (χ3n) is 4.14. The summed E-state index contributed by atoms with van der Waals surface area (Å²) in [6, 6.07) is 10.6. The van der Waals surface area contributed by atoms with Crippen molar-refractivity contribution in [1.29, 1.82) is 0 Å². The van der Waals surface area contributed by atoms with Crippen molar-refractivity contribution in [3.8, 4) is 5.69 Å². The van der Waals surface area contributed by atoms with Gasteiger partial charge < -0.3 is 14.7 Å². The van der Waals surface area contributed by atoms with E-state index in [9.17, 15) is 14.4 Å². The van der Waals surface area contributed by atoms with E-state index in [1.807, 2.05) is 30.3 Å². The summed E-state index contributed by atoms with van der Waals surface area (Å²) in [4.78, 5) is 37.4. The van der Waals surface area contributed by atoms with Crippen molar-refractivity contribution >= 4 is 11.9 Å². The standard InChI is InChI=1S/C18H19N3O5/c1-12-9-15(22)17(19-21(12)13-5-3-2-4-6-13)18(25)20-7-8-26-14(11-20)10-16(23)24/h2-6,9,14H,7-8,10-11H2,1H3,(H,23,24). The first-order valence-corrected chi connectivity index (χ1v) is 8.25. The summed E-state index contributed by atoms with van der Waals surface area (Å²) in [5.41, 5.74) is 0.713. The molecule has 8 nitrogen and oxygen atoms in total. The van der Waals surface area contributed by atoms with Crippen molar-refractivity contribution in [2.45, 2.75) is 19.4 Å². The molecule has 2 aromatic rings. The Balaban J connectivity index is 1.90. The Kier molecular flexibility index (Phi) is 5.13. The van der Waals surface area contributed by atoms with Gasteiger partial charge in [0.2, 0.25) is 5.43 Å². The van der Waals surface area contributed by atoms with Gasteiger partial charge in [0.25, 0.3) is 5.91 Å². The van der Waals surface area contributed by atoms with Crippen LogP contribution in [-0.2, 0) is 9.53 Å². The number of aromatic nitrogens is 2. The molecule has 3 rings (SSSR count). The molecule has 0 spiro atoms. The molecule has 1 aliphatic heterocycles. The first kappa shape index (κ1) is 17.8. The zero-order valence-electron chi connectivity index (χ0n) is 14.3. The number of benzene rings is 1. The van der Waals surface area contributed by atoms with Crippen LogP contribution in [0, 0.1) is 6.92 Å². The molecule has 1 atom stereocenters. The Morgan fingerprint density at radius 1 is 1.31 bits per heavy atom. The van der Waals surface area contributed by atoms with Crippen molar-refractivity contribution in [3.63, 3.8) is 0 Å². The third kappa shape index (κ3) is 3.80. The number of amides is 1. The summed E-state index contributed by atoms with van der Waals surface area (Å²) in [5, 5.41) is 13.2. The molecule has 1 aromatic heterocycles. The van der Waals surface area contributed by atoms with Gasteiger partial charge in [-0.25, -0.2) is 4.68 Å². The van der Waals surface area contributed by atoms with E-state index in [0.29, 0.717) is 5.69 Å². The van der Waals surface area contributed by atoms with Crippen LogP contribution in [0.4, 0.5) is 0 Å². The molecular formula is C18H19N3O5. The third-order valence-corrected chi connectivity index (χ3v) is 4.14. The average Bonchev–Trinajstić information content (AvgIpc) is 2.62. The van der Waals surface area contributed by atoms with E-state index >= 15 is 0 Å². The van der Waals surface area contributed by atoms with Crippen LogP contribution in [0.25, 0.3) is 5.69 Å². The van der Waals surface area contributed by atoms with Gasteiger partial charge in [-0.1, -0.05) is 18.2 Å². The fourth-order valence-electron chi connectivity index (χ4n) is 2.90. The van der Waals surface area contributed by atoms with E-state index in [2.05, 4.69) is 5.10 Å². The molecule has 1 unspecified atom stereocenters. The van der Waals surface area contributed by atoms with Crippen molar-refractivity contribution in [2.24, 2.45) is 0 Å². The highest BCUT2D eigenvalue weighted by molar-refractivity contribution is 5.92. The van der Waals surface area contributed by atoms with Gasteiger partial charge in [0.1, 0.15) is 0 Å². The molecule has 1 saturated heterocycles. The zero-order chi connectivity index (χ0) is 18.7. The first-order chi connectivity index (χ1) is 12.5. The Morgan fingerprint density at radius 3 is 2.73 bits per heavy atom. The van der Waals surface area contributed by atoms with Crippen LogP contribution < -0.4 is 5.43 Å². The summed E-state index contributed by atoms with van der Waals surface area (Å²) < 4.78 is 6.91. The number of carbonyl (C=O) groups is 2. The maximum Gasteiger partial charge on any atom is 0.306 e. The fraction of sp³-hybridized carbons (Fsp3) is 0.333. The number of carbonyl (C=O) groups excluding carboxylic acids is 1. The molecule has 8 heteroatoms. The smallest absolute Gasteiger partial charge is 0.306 e. The van der Waals surface area contributed by atoms with Gasteiger partial charge in [0, 0.05) is 24.8 Å². The Bertz CT molecular complexity index is 878. The van der Waals surface area contributed by atoms with Crippen LogP contribution in [0.2, 0.25) is 0 Å². The molecule has 26 heavy (non-hydrogen) atoms. The molecule has 0 saturated carbocycles. The van der Waals surface area contributed by atoms with E-state index in [1.165, 1.54) is 11.0 Å². The summed E-state index contributed by atoms with van der Waals surface area (Å²) in [6.45, 7) is 2.37. The van der Waals surface area contributed by atoms with Crippen molar-refractivity contribution in [2.75, 3.05) is 19.7 Å². The van der Waals surface area contributed by atoms with Gasteiger partial charge in [-0.15, -0.1) is 0 Å². The van der Waals surface area contributed by atoms with Gasteiger partial charge in [-0.2, -0.15) is 5.10 Å². The highest BCUT2D eigenvalue weighted by atomic mass is 16.5. The SMILES string of the molecule is Cc1cc(=O)c(C(=O)N2CCOC(CC(=O)O)C2)nn1-c1ccccc1. The number of aliphatic carboxylic acids is 1. The van der Waals surface area contributed by atoms with Gasteiger partial charge in [-0.3, -0.25) is 14.4 Å². The molecule has 1 fully saturated rings. The second kappa shape index (κ2) is 7.49. The molecule has 0 radical (unpaired) electrons. The lowest BCUT2D eigenvalue weighted by Crippen LogP contribution is -2.47. The summed E-state index contributed by atoms with van der Waals surface area (Å²) >= 11 is 0. The summed E-state index contributed by atoms with van der Waals surface area (Å²) in [6.07, 6.45) is -0.786. The number of carboxylic acids is 1. The van der Waals surface area contributed by atoms with E-state index in [-0.39, 0.29) is 31.8 Å². The number of carboxylic acid groups (broad SMARTS) is 1. The van der Waals surface area contributed by atoms with E-state index < -0.39 is 23.4 Å². The van der Waals surface area contributed by atoms with E-state index in [0.717, 1.165) is 5.69 Å². The molecule has 1 N–H and O–H groups in total. The lowest BCUT2D eigenvalue weighted by Gasteiger charge is -2.32. The van der Waals surface area contributed by atoms with Gasteiger partial charge >= 0.3 is 5.97 Å². The highest BCUT2D eigenvalue weighted by Gasteiger charge is 2.29. The lowest BCUT2D eigenvalue weighted by molar-refractivity contribution is -0.141. The van der Waals surface area contributed by atoms with Crippen molar-refractivity contribution < 1.29 is 19.4 Å². The van der Waals surface area contributed by atoms with Gasteiger partial charge in [-0.05, 0) is 19.1 Å². The minimum absolute atomic E-state index is 0.117. The molecule has 2 heterocycles. The Labute approximate surface area is 149 Å². The predicted molar refractivity (Wildman–Crippen MR) is 92.5 cm³/mol. The second-order valence-electron chi connectivity index (χ2n) is 6.09. The van der Waals surface area contributed by atoms with Crippen LogP contribution in [0.3, 0.4) is 0 Å². The lowest BCUT2D eigenvalue weighted by atomic mass is 10.2. The quantitative estimate of drug-likeness (QED) is 0.871. The van der Waals surface area contributed by atoms with Crippen LogP contribution in [0.15, 0.2) is 41.2 Å². The number of morpholine rings is 1. The number of ether oxygens (including phenoxy) is 1. The van der Waals surface area contributed by atoms with Crippen molar-refractivity contribution in [1.82, 2.24) is 14.7 Å². The topological polar surface area (TPSA) is 102 Å². The van der Waals surface area contributed by atoms with Crippen LogP contribution >= 0.6 is 0 Å². The fourth-order valence-corrected chi connectivity index (χ4v) is 2.90. The molecule has 136 valence electrons. The second-order valence-corrected chi connectivity index (χ2v) is 6.09. The normalized spacial score (nSPS) is 17.1. The number of nitrogens with zero attached hydrogens (tertiary/aromatic N) is 3. The van der Waals surface area contributed by atoms with Gasteiger partial charge in [0.15, 0.2) is 5.69 Å². The maximum atomic E-state index is 12.8. The number of hydrogen-bond donors (Lipinski definition) is 1. The largest absolute Gasteiger partial charge is 0.481 e. The van der Waals surface area contributed by atoms with Crippen LogP contribution in [0.1, 0.15) is 22.6 Å². The summed E-state index contributed by atoms with van der Waals surface area (Å²) in [5.74, 6) is -1.51. The number of rotatable bonds is 4. The van der Waals surface area contributed by atoms with Gasteiger partial charge in [0.05, 0.1) is 24.8 Å². The first-order valence-electron chi connectivity index (χ1n) is 8.25. The maximum absolute atomic E-state index is 12.8. The van der Waals surface area contributed by atoms with Crippen LogP contribution in [-0.4, -0.2) is 57.5 Å². The molecular weight excluding hydrogens is 338 g/mol. The molecule has 1 aromatic carbocycles. The minimum Gasteiger partial charge on any atom is -0.481 e. The van der Waals surface area contributed by atoms with Crippen molar-refractivity contribution in [3.05, 3.63) is 58.0 Å². The molecule has 1 aliphatic rings. The number of para-hydroxylation sites is 1. The predicted octanol–water partition coefficient (Wildman–Crippen LogP) is 0.857. The Morgan fingerprint density at radius 2 is 2.04 bits per heavy atom. The van der Waals surface area contributed by atoms with Crippen LogP contribution in [0.5, 0.6) is 0 Å². The minimum atomic E-state index is -0.996. The number of aryl methyl sites for hydroxylation is 1. The Hall–Kier alpha value is -3.00. The monoisotopic (exact) mass is 357 g/mol. The summed E-state index contributed by atoms with van der Waals surface area (Å²) in [7, 11) is 0. The highest BCUT2D eigenvalue weighted by Crippen LogP contribution is 2.12. The zero-order valence-corrected chi connectivity index (χ0v) is 14.3. The van der Waals surface area contributed by atoms with E-state index in [1.54, 1.807) is 11.6 Å². The molecule has 1 amide bonds.